The van der Waals surface area contributed by atoms with Crippen LogP contribution in [-0.4, -0.2) is 56.4 Å². The van der Waals surface area contributed by atoms with Crippen molar-refractivity contribution < 1.29 is 0 Å². The van der Waals surface area contributed by atoms with E-state index in [2.05, 4.69) is 117 Å². The number of fused-ring (bicyclic) bond motifs is 1. The summed E-state index contributed by atoms with van der Waals surface area (Å²) in [6, 6.07) is 12.9. The van der Waals surface area contributed by atoms with Crippen LogP contribution in [0.3, 0.4) is 0 Å². The monoisotopic (exact) mass is 403 g/mol. The highest BCUT2D eigenvalue weighted by Gasteiger charge is 2.29. The van der Waals surface area contributed by atoms with Crippen molar-refractivity contribution in [2.75, 3.05) is 76.4 Å². The summed E-state index contributed by atoms with van der Waals surface area (Å²) in [5.74, 6) is 0. The van der Waals surface area contributed by atoms with Gasteiger partial charge in [0.15, 0.2) is 0 Å². The average molecular weight is 404 g/mol. The van der Waals surface area contributed by atoms with E-state index in [0.717, 1.165) is 16.7 Å². The fourth-order valence-electron chi connectivity index (χ4n) is 3.92. The summed E-state index contributed by atoms with van der Waals surface area (Å²) in [6.45, 7) is 0. The van der Waals surface area contributed by atoms with Gasteiger partial charge in [-0.2, -0.15) is 0 Å². The molecule has 6 nitrogen and oxygen atoms in total. The van der Waals surface area contributed by atoms with Crippen LogP contribution < -0.4 is 35.3 Å². The normalized spacial score (nSPS) is 11.3. The summed E-state index contributed by atoms with van der Waals surface area (Å²) in [5.41, 5.74) is 6.93. The third-order valence-corrected chi connectivity index (χ3v) is 5.37. The Labute approximate surface area is 178 Å². The van der Waals surface area contributed by atoms with Crippen LogP contribution in [0.5, 0.6) is 0 Å². The number of anilines is 5. The van der Waals surface area contributed by atoms with Crippen molar-refractivity contribution in [2.45, 2.75) is 0 Å². The Balaban J connectivity index is 1.68. The van der Waals surface area contributed by atoms with Crippen LogP contribution in [0, 0.1) is 0 Å². The molecule has 6 heteroatoms. The molecule has 4 rings (SSSR count). The number of nitrogens with zero attached hydrogens (tertiary/aromatic N) is 5. The molecular formula is C24H31N6+. The summed E-state index contributed by atoms with van der Waals surface area (Å²) >= 11 is 0. The van der Waals surface area contributed by atoms with Crippen LogP contribution in [0.25, 0.3) is 10.8 Å². The lowest BCUT2D eigenvalue weighted by molar-refractivity contribution is 0.830. The molecule has 0 amide bonds. The highest BCUT2D eigenvalue weighted by Crippen LogP contribution is 2.33. The molecule has 4 aromatic rings. The molecule has 0 saturated heterocycles. The predicted octanol–water partition coefficient (Wildman–Crippen LogP) is 2.80. The van der Waals surface area contributed by atoms with Crippen molar-refractivity contribution in [3.63, 3.8) is 0 Å². The summed E-state index contributed by atoms with van der Waals surface area (Å²) in [5, 5.41) is 8.31. The van der Waals surface area contributed by atoms with Crippen molar-refractivity contribution in [1.29, 1.82) is 0 Å². The van der Waals surface area contributed by atoms with Gasteiger partial charge in [0.2, 0.25) is 0 Å². The molecule has 0 aromatic heterocycles. The van der Waals surface area contributed by atoms with Crippen molar-refractivity contribution in [2.24, 2.45) is 4.99 Å². The topological polar surface area (TPSA) is 37.1 Å². The van der Waals surface area contributed by atoms with Gasteiger partial charge in [-0.15, -0.1) is 0 Å². The molecular weight excluding hydrogens is 372 g/mol. The van der Waals surface area contributed by atoms with Crippen LogP contribution in [0.2, 0.25) is 0 Å². The first-order valence-corrected chi connectivity index (χ1v) is 10.1. The molecule has 0 bridgehead atoms. The molecule has 0 aliphatic rings. The first-order chi connectivity index (χ1) is 14.2. The Kier molecular flexibility index (Phi) is 4.80. The zero-order chi connectivity index (χ0) is 21.7. The van der Waals surface area contributed by atoms with E-state index in [0.29, 0.717) is 0 Å². The van der Waals surface area contributed by atoms with Gasteiger partial charge < -0.3 is 20.0 Å². The molecule has 30 heavy (non-hydrogen) atoms. The van der Waals surface area contributed by atoms with Crippen LogP contribution in [0.15, 0.2) is 41.4 Å². The van der Waals surface area contributed by atoms with Crippen LogP contribution in [-0.2, 0) is 0 Å². The number of rotatable bonds is 6. The van der Waals surface area contributed by atoms with E-state index in [4.69, 9.17) is 4.99 Å². The maximum atomic E-state index is 4.91. The standard InChI is InChI=1S/C24H30N6/c1-27(2)21-19(22(21)28(3)4)25-17-11-9-15-10-12-18(14-16(15)13-17)26-20-23(29(5)6)24(20)30(7)8/h9-14H,1-8H3/p+1. The van der Waals surface area contributed by atoms with Gasteiger partial charge in [0.25, 0.3) is 5.36 Å². The molecule has 0 heterocycles. The Bertz CT molecular complexity index is 1240. The SMILES string of the molecule is CN(C)c1c(N(C)C)c1=Nc1ccc2ccc(Nc3c(N(C)C)c3=[N+](C)C)cc2c1. The highest BCUT2D eigenvalue weighted by molar-refractivity contribution is 5.92. The maximum absolute atomic E-state index is 4.91. The van der Waals surface area contributed by atoms with E-state index >= 15 is 0 Å². The van der Waals surface area contributed by atoms with Crippen LogP contribution in [0.1, 0.15) is 0 Å². The minimum Gasteiger partial charge on any atom is -0.374 e. The van der Waals surface area contributed by atoms with Gasteiger partial charge >= 0.3 is 0 Å². The van der Waals surface area contributed by atoms with Crippen molar-refractivity contribution in [3.8, 4) is 0 Å². The van der Waals surface area contributed by atoms with Gasteiger partial charge in [-0.3, -0.25) is 0 Å². The summed E-state index contributed by atoms with van der Waals surface area (Å²) < 4.78 is 2.15. The lowest BCUT2D eigenvalue weighted by atomic mass is 10.1. The molecule has 0 aliphatic heterocycles. The molecule has 0 saturated carbocycles. The largest absolute Gasteiger partial charge is 0.374 e. The van der Waals surface area contributed by atoms with E-state index in [1.54, 1.807) is 0 Å². The number of benzene rings is 2. The van der Waals surface area contributed by atoms with Gasteiger partial charge in [0.1, 0.15) is 30.8 Å². The lowest BCUT2D eigenvalue weighted by Gasteiger charge is -2.07. The van der Waals surface area contributed by atoms with Gasteiger partial charge in [-0.1, -0.05) is 12.1 Å². The van der Waals surface area contributed by atoms with Gasteiger partial charge in [0.05, 0.1) is 17.1 Å². The van der Waals surface area contributed by atoms with Crippen molar-refractivity contribution >= 4 is 44.9 Å². The zero-order valence-corrected chi connectivity index (χ0v) is 19.2. The smallest absolute Gasteiger partial charge is 0.251 e. The average Bonchev–Trinajstić information content (AvgIpc) is 3.54. The van der Waals surface area contributed by atoms with E-state index in [9.17, 15) is 0 Å². The number of hydrogen-bond acceptors (Lipinski definition) is 5. The van der Waals surface area contributed by atoms with Crippen molar-refractivity contribution in [1.82, 2.24) is 4.58 Å². The third-order valence-electron chi connectivity index (χ3n) is 5.37. The summed E-state index contributed by atoms with van der Waals surface area (Å²) in [7, 11) is 16.6. The molecule has 4 aromatic carbocycles. The molecule has 0 fully saturated rings. The first kappa shape index (κ1) is 20.0. The minimum absolute atomic E-state index is 0.978. The zero-order valence-electron chi connectivity index (χ0n) is 19.2. The Morgan fingerprint density at radius 2 is 1.33 bits per heavy atom. The maximum Gasteiger partial charge on any atom is 0.251 e. The fraction of sp³-hybridized carbons (Fsp3) is 0.333. The van der Waals surface area contributed by atoms with Gasteiger partial charge in [-0.05, 0) is 35.0 Å². The summed E-state index contributed by atoms with van der Waals surface area (Å²) in [4.78, 5) is 11.3. The Hall–Kier alpha value is -3.28. The van der Waals surface area contributed by atoms with Crippen LogP contribution in [0.4, 0.5) is 34.1 Å². The van der Waals surface area contributed by atoms with Gasteiger partial charge in [0, 0.05) is 48.0 Å². The number of nitrogens with one attached hydrogen (secondary N) is 1. The molecule has 0 spiro atoms. The summed E-state index contributed by atoms with van der Waals surface area (Å²) in [6.07, 6.45) is 0. The quantitative estimate of drug-likeness (QED) is 0.503. The second kappa shape index (κ2) is 7.20. The second-order valence-corrected chi connectivity index (χ2v) is 8.68. The highest BCUT2D eigenvalue weighted by atomic mass is 15.2. The first-order valence-electron chi connectivity index (χ1n) is 10.1. The molecule has 0 radical (unpaired) electrons. The van der Waals surface area contributed by atoms with E-state index in [-0.39, 0.29) is 0 Å². The molecule has 156 valence electrons. The molecule has 0 aliphatic carbocycles. The van der Waals surface area contributed by atoms with Crippen molar-refractivity contribution in [3.05, 3.63) is 47.1 Å². The molecule has 0 atom stereocenters. The molecule has 0 unspecified atom stereocenters. The minimum atomic E-state index is 0.978. The van der Waals surface area contributed by atoms with E-state index < -0.39 is 0 Å². The fourth-order valence-corrected chi connectivity index (χ4v) is 3.92. The predicted molar refractivity (Wildman–Crippen MR) is 130 cm³/mol. The second-order valence-electron chi connectivity index (χ2n) is 8.68. The number of hydrogen-bond donors (Lipinski definition) is 1. The van der Waals surface area contributed by atoms with Crippen LogP contribution >= 0.6 is 0 Å². The Morgan fingerprint density at radius 1 is 0.733 bits per heavy atom. The van der Waals surface area contributed by atoms with E-state index in [1.165, 1.54) is 38.9 Å². The lowest BCUT2D eigenvalue weighted by Crippen LogP contribution is -2.17. The van der Waals surface area contributed by atoms with Gasteiger partial charge in [-0.25, -0.2) is 9.57 Å². The Morgan fingerprint density at radius 3 is 1.87 bits per heavy atom. The van der Waals surface area contributed by atoms with E-state index in [1.807, 2.05) is 0 Å². The molecule has 1 N–H and O–H groups in total. The third kappa shape index (κ3) is 3.54.